The smallest absolute Gasteiger partial charge is 0.410 e. The molecule has 0 unspecified atom stereocenters. The fraction of sp³-hybridized carbons (Fsp3) is 0.535. The van der Waals surface area contributed by atoms with Crippen molar-refractivity contribution in [3.8, 4) is 0 Å². The van der Waals surface area contributed by atoms with E-state index in [1.165, 1.54) is 11.9 Å². The number of esters is 1. The van der Waals surface area contributed by atoms with E-state index in [2.05, 4.69) is 0 Å². The molecule has 0 bridgehead atoms. The zero-order chi connectivity index (χ0) is 40.4. The van der Waals surface area contributed by atoms with E-state index in [0.29, 0.717) is 38.8 Å². The maximum absolute atomic E-state index is 13.8. The number of benzene rings is 3. The molecule has 0 aromatic heterocycles. The fourth-order valence-electron chi connectivity index (χ4n) is 6.88. The maximum atomic E-state index is 13.8. The van der Waals surface area contributed by atoms with Crippen molar-refractivity contribution in [3.05, 3.63) is 108 Å². The number of carbonyl (C=O) groups excluding carboxylic acids is 2. The van der Waals surface area contributed by atoms with E-state index in [9.17, 15) is 35.9 Å². The lowest BCUT2D eigenvalue weighted by atomic mass is 9.97. The predicted molar refractivity (Wildman–Crippen MR) is 204 cm³/mol. The van der Waals surface area contributed by atoms with Gasteiger partial charge in [0.05, 0.1) is 13.1 Å². The van der Waals surface area contributed by atoms with Crippen LogP contribution in [0.4, 0.5) is 31.1 Å². The lowest BCUT2D eigenvalue weighted by Gasteiger charge is -2.34. The highest BCUT2D eigenvalue weighted by molar-refractivity contribution is 5.81. The van der Waals surface area contributed by atoms with Crippen LogP contribution in [-0.4, -0.2) is 90.3 Å². The van der Waals surface area contributed by atoms with Gasteiger partial charge in [0, 0.05) is 45.8 Å². The lowest BCUT2D eigenvalue weighted by Crippen LogP contribution is -2.48. The SMILES string of the molecule is CN(C(=O)OCc1ccccc1)[C@@H](CCN1CCCC(F)(F)C1)C(=O)OCc1ccccc1.FC1(F)CCCCC1.FC1(F)CCCN(Cc2ccccc2)C1. The number of rotatable bonds is 11. The van der Waals surface area contributed by atoms with Gasteiger partial charge < -0.3 is 9.47 Å². The third-order valence-electron chi connectivity index (χ3n) is 9.95. The zero-order valence-corrected chi connectivity index (χ0v) is 32.2. The van der Waals surface area contributed by atoms with Crippen LogP contribution in [0.25, 0.3) is 0 Å². The van der Waals surface area contributed by atoms with Crippen LogP contribution >= 0.6 is 0 Å². The molecule has 0 radical (unpaired) electrons. The minimum absolute atomic E-state index is 0.0400. The van der Waals surface area contributed by atoms with Gasteiger partial charge in [-0.25, -0.2) is 35.9 Å². The van der Waals surface area contributed by atoms with Crippen molar-refractivity contribution in [1.82, 2.24) is 14.7 Å². The summed E-state index contributed by atoms with van der Waals surface area (Å²) in [6, 6.07) is 27.2. The Hall–Kier alpha value is -4.10. The molecule has 7 nitrogen and oxygen atoms in total. The van der Waals surface area contributed by atoms with Crippen LogP contribution in [0.5, 0.6) is 0 Å². The number of carbonyl (C=O) groups is 2. The van der Waals surface area contributed by atoms with Gasteiger partial charge in [-0.05, 0) is 61.9 Å². The minimum atomic E-state index is -2.73. The zero-order valence-electron chi connectivity index (χ0n) is 32.2. The van der Waals surface area contributed by atoms with Crippen molar-refractivity contribution in [1.29, 1.82) is 0 Å². The third kappa shape index (κ3) is 16.6. The summed E-state index contributed by atoms with van der Waals surface area (Å²) < 4.78 is 89.0. The molecule has 0 spiro atoms. The molecule has 3 fully saturated rings. The van der Waals surface area contributed by atoms with Crippen molar-refractivity contribution in [2.24, 2.45) is 0 Å². The number of nitrogens with zero attached hydrogens (tertiary/aromatic N) is 3. The third-order valence-corrected chi connectivity index (χ3v) is 9.95. The standard InChI is InChI=1S/C25H30F2N2O4.C12H15F2N.C6H10F2/c1-28(24(31)33-18-21-11-6-3-7-12-21)22(13-16-29-15-8-14-25(26,27)19-29)23(30)32-17-20-9-4-2-5-10-20;13-12(14)7-4-8-15(10-12)9-11-5-2-1-3-6-11;7-6(8)4-2-1-3-5-6/h2-7,9-12,22H,8,13-19H2,1H3;1-3,5-6H,4,7-10H2;1-5H2/t22-;;/m0../s1. The normalized spacial score (nSPS) is 19.5. The summed E-state index contributed by atoms with van der Waals surface area (Å²) in [5.74, 6) is -8.14. The van der Waals surface area contributed by atoms with Crippen molar-refractivity contribution >= 4 is 12.1 Å². The largest absolute Gasteiger partial charge is 0.459 e. The summed E-state index contributed by atoms with van der Waals surface area (Å²) in [5, 5.41) is 0. The highest BCUT2D eigenvalue weighted by Crippen LogP contribution is 2.32. The Morgan fingerprint density at radius 3 is 1.54 bits per heavy atom. The van der Waals surface area contributed by atoms with Gasteiger partial charge in [0.25, 0.3) is 11.8 Å². The molecular formula is C43H55F6N3O4. The van der Waals surface area contributed by atoms with E-state index in [4.69, 9.17) is 9.47 Å². The maximum Gasteiger partial charge on any atom is 0.410 e. The second kappa shape index (κ2) is 22.0. The van der Waals surface area contributed by atoms with E-state index in [1.54, 1.807) is 4.90 Å². The molecule has 3 aromatic carbocycles. The molecule has 308 valence electrons. The average molecular weight is 792 g/mol. The van der Waals surface area contributed by atoms with Crippen LogP contribution in [0.2, 0.25) is 0 Å². The quantitative estimate of drug-likeness (QED) is 0.142. The van der Waals surface area contributed by atoms with Gasteiger partial charge in [-0.1, -0.05) is 97.4 Å². The molecule has 1 aliphatic carbocycles. The number of likely N-dealkylation sites (tertiary alicyclic amines) is 2. The Labute approximate surface area is 326 Å². The number of alkyl halides is 6. The van der Waals surface area contributed by atoms with Crippen LogP contribution in [0, 0.1) is 0 Å². The van der Waals surface area contributed by atoms with Crippen LogP contribution in [0.1, 0.15) is 80.9 Å². The van der Waals surface area contributed by atoms with Gasteiger partial charge in [0.15, 0.2) is 0 Å². The monoisotopic (exact) mass is 791 g/mol. The van der Waals surface area contributed by atoms with Gasteiger partial charge >= 0.3 is 12.1 Å². The summed E-state index contributed by atoms with van der Waals surface area (Å²) in [5.41, 5.74) is 2.74. The number of ether oxygens (including phenoxy) is 2. The van der Waals surface area contributed by atoms with E-state index in [1.807, 2.05) is 95.9 Å². The fourth-order valence-corrected chi connectivity index (χ4v) is 6.88. The van der Waals surface area contributed by atoms with Gasteiger partial charge in [0.2, 0.25) is 5.92 Å². The van der Waals surface area contributed by atoms with E-state index in [-0.39, 0.29) is 65.0 Å². The van der Waals surface area contributed by atoms with Crippen LogP contribution < -0.4 is 0 Å². The number of likely N-dealkylation sites (N-methyl/N-ethyl adjacent to an activating group) is 1. The van der Waals surface area contributed by atoms with Crippen molar-refractivity contribution in [2.45, 2.75) is 108 Å². The Morgan fingerprint density at radius 2 is 1.05 bits per heavy atom. The van der Waals surface area contributed by atoms with Gasteiger partial charge in [0.1, 0.15) is 19.3 Å². The van der Waals surface area contributed by atoms with Gasteiger partial charge in [-0.3, -0.25) is 14.7 Å². The number of piperidine rings is 2. The molecule has 1 amide bonds. The molecule has 1 atom stereocenters. The van der Waals surface area contributed by atoms with E-state index in [0.717, 1.165) is 29.7 Å². The molecule has 2 saturated heterocycles. The van der Waals surface area contributed by atoms with Crippen molar-refractivity contribution in [3.63, 3.8) is 0 Å². The molecule has 13 heteroatoms. The minimum Gasteiger partial charge on any atom is -0.459 e. The first-order chi connectivity index (χ1) is 26.7. The van der Waals surface area contributed by atoms with Crippen LogP contribution in [0.15, 0.2) is 91.0 Å². The van der Waals surface area contributed by atoms with Crippen LogP contribution in [-0.2, 0) is 34.0 Å². The van der Waals surface area contributed by atoms with Crippen molar-refractivity contribution in [2.75, 3.05) is 39.8 Å². The Bertz CT molecular complexity index is 1580. The topological polar surface area (TPSA) is 62.3 Å². The molecule has 6 rings (SSSR count). The molecule has 56 heavy (non-hydrogen) atoms. The van der Waals surface area contributed by atoms with Crippen molar-refractivity contribution < 1.29 is 45.4 Å². The Kier molecular flexibility index (Phi) is 17.5. The molecule has 1 saturated carbocycles. The summed E-state index contributed by atoms with van der Waals surface area (Å²) in [6.07, 6.45) is 3.06. The Balaban J connectivity index is 0.000000245. The van der Waals surface area contributed by atoms with E-state index < -0.39 is 35.9 Å². The first-order valence-electron chi connectivity index (χ1n) is 19.5. The first-order valence-corrected chi connectivity index (χ1v) is 19.5. The molecule has 0 N–H and O–H groups in total. The lowest BCUT2D eigenvalue weighted by molar-refractivity contribution is -0.151. The number of halogens is 6. The molecule has 2 heterocycles. The summed E-state index contributed by atoms with van der Waals surface area (Å²) in [7, 11) is 1.46. The first kappa shape index (κ1) is 44.6. The molecular weight excluding hydrogens is 736 g/mol. The van der Waals surface area contributed by atoms with Gasteiger partial charge in [-0.15, -0.1) is 0 Å². The molecule has 2 aliphatic heterocycles. The molecule has 3 aliphatic rings. The number of amides is 1. The van der Waals surface area contributed by atoms with E-state index >= 15 is 0 Å². The highest BCUT2D eigenvalue weighted by Gasteiger charge is 2.37. The second-order valence-corrected chi connectivity index (χ2v) is 14.9. The summed E-state index contributed by atoms with van der Waals surface area (Å²) >= 11 is 0. The molecule has 3 aromatic rings. The predicted octanol–water partition coefficient (Wildman–Crippen LogP) is 9.99. The average Bonchev–Trinajstić information content (AvgIpc) is 3.17. The number of hydrogen-bond donors (Lipinski definition) is 0. The summed E-state index contributed by atoms with van der Waals surface area (Å²) in [6.45, 7) is 1.88. The van der Waals surface area contributed by atoms with Crippen LogP contribution in [0.3, 0.4) is 0 Å². The highest BCUT2D eigenvalue weighted by atomic mass is 19.3. The summed E-state index contributed by atoms with van der Waals surface area (Å²) in [4.78, 5) is 30.2. The second-order valence-electron chi connectivity index (χ2n) is 14.9. The number of hydrogen-bond acceptors (Lipinski definition) is 6. The van der Waals surface area contributed by atoms with Gasteiger partial charge in [-0.2, -0.15) is 0 Å². The Morgan fingerprint density at radius 1 is 0.607 bits per heavy atom.